The first-order valence-corrected chi connectivity index (χ1v) is 9.27. The van der Waals surface area contributed by atoms with Gasteiger partial charge in [0.1, 0.15) is 0 Å². The molecule has 1 aliphatic heterocycles. The summed E-state index contributed by atoms with van der Waals surface area (Å²) in [6, 6.07) is 7.11. The first-order chi connectivity index (χ1) is 13.3. The Hall–Kier alpha value is -2.94. The largest absolute Gasteiger partial charge is 0.323 e. The minimum Gasteiger partial charge on any atom is -0.323 e. The van der Waals surface area contributed by atoms with Gasteiger partial charge in [-0.05, 0) is 37.3 Å². The Morgan fingerprint density at radius 2 is 2.00 bits per heavy atom. The highest BCUT2D eigenvalue weighted by atomic mass is 32.1. The van der Waals surface area contributed by atoms with Crippen LogP contribution in [0, 0.1) is 30.3 Å². The van der Waals surface area contributed by atoms with Crippen molar-refractivity contribution in [2.75, 3.05) is 16.8 Å². The summed E-state index contributed by atoms with van der Waals surface area (Å²) in [6.07, 6.45) is -0.0642. The van der Waals surface area contributed by atoms with Gasteiger partial charge < -0.3 is 10.2 Å². The fourth-order valence-corrected chi connectivity index (χ4v) is 4.00. The van der Waals surface area contributed by atoms with Gasteiger partial charge in [-0.3, -0.25) is 9.59 Å². The molecule has 3 aromatic rings. The van der Waals surface area contributed by atoms with Crippen LogP contribution in [0.4, 0.5) is 24.5 Å². The lowest BCUT2D eigenvalue weighted by Crippen LogP contribution is -2.28. The van der Waals surface area contributed by atoms with Gasteiger partial charge >= 0.3 is 0 Å². The van der Waals surface area contributed by atoms with Crippen LogP contribution in [0.1, 0.15) is 11.4 Å². The molecule has 1 atom stereocenters. The zero-order chi connectivity index (χ0) is 20.0. The van der Waals surface area contributed by atoms with E-state index in [1.165, 1.54) is 4.90 Å². The van der Waals surface area contributed by atoms with Crippen LogP contribution in [0.25, 0.3) is 10.2 Å². The molecule has 0 bridgehead atoms. The molecule has 2 heterocycles. The Bertz CT molecular complexity index is 1120. The number of halogens is 3. The molecule has 1 fully saturated rings. The molecule has 0 radical (unpaired) electrons. The molecular formula is C19H14F3N3O2S. The molecule has 9 heteroatoms. The topological polar surface area (TPSA) is 62.3 Å². The number of nitrogens with one attached hydrogen (secondary N) is 1. The van der Waals surface area contributed by atoms with Gasteiger partial charge in [0.15, 0.2) is 17.5 Å². The third-order valence-corrected chi connectivity index (χ3v) is 5.53. The maximum atomic E-state index is 13.8. The van der Waals surface area contributed by atoms with Gasteiger partial charge in [0.05, 0.1) is 26.8 Å². The average molecular weight is 405 g/mol. The number of anilines is 2. The third kappa shape index (κ3) is 3.22. The summed E-state index contributed by atoms with van der Waals surface area (Å²) in [4.78, 5) is 30.7. The van der Waals surface area contributed by atoms with Crippen LogP contribution in [0.2, 0.25) is 0 Å². The number of carbonyl (C=O) groups excluding carboxylic acids is 2. The Balaban J connectivity index is 1.52. The van der Waals surface area contributed by atoms with Gasteiger partial charge in [-0.15, -0.1) is 11.3 Å². The maximum Gasteiger partial charge on any atom is 0.229 e. The lowest BCUT2D eigenvalue weighted by molar-refractivity contribution is -0.122. The van der Waals surface area contributed by atoms with E-state index in [0.717, 1.165) is 27.4 Å². The SMILES string of the molecule is Cc1nc2cc(N3CC(C(=O)Nc4ccc(F)c(F)c4F)CC3=O)ccc2s1. The zero-order valence-electron chi connectivity index (χ0n) is 14.6. The van der Waals surface area contributed by atoms with Crippen LogP contribution in [-0.4, -0.2) is 23.3 Å². The van der Waals surface area contributed by atoms with Crippen molar-refractivity contribution in [3.05, 3.63) is 52.8 Å². The van der Waals surface area contributed by atoms with Crippen molar-refractivity contribution in [1.29, 1.82) is 0 Å². The number of aromatic nitrogens is 1. The van der Waals surface area contributed by atoms with Crippen LogP contribution in [0.3, 0.4) is 0 Å². The van der Waals surface area contributed by atoms with Gasteiger partial charge in [0.25, 0.3) is 0 Å². The lowest BCUT2D eigenvalue weighted by atomic mass is 10.1. The van der Waals surface area contributed by atoms with Gasteiger partial charge in [0, 0.05) is 18.7 Å². The second-order valence-electron chi connectivity index (χ2n) is 6.50. The van der Waals surface area contributed by atoms with E-state index in [9.17, 15) is 22.8 Å². The molecule has 4 rings (SSSR count). The molecule has 0 saturated carbocycles. The quantitative estimate of drug-likeness (QED) is 0.670. The standard InChI is InChI=1S/C19H14F3N3O2S/c1-9-23-14-7-11(2-5-15(14)28-9)25-8-10(6-16(25)26)19(27)24-13-4-3-12(20)17(21)18(13)22/h2-5,7,10H,6,8H2,1H3,(H,24,27). The number of carbonyl (C=O) groups is 2. The molecule has 5 nitrogen and oxygen atoms in total. The van der Waals surface area contributed by atoms with E-state index in [1.54, 1.807) is 23.5 Å². The van der Waals surface area contributed by atoms with E-state index in [2.05, 4.69) is 10.3 Å². The molecule has 28 heavy (non-hydrogen) atoms. The molecule has 1 aliphatic rings. The molecule has 1 aromatic heterocycles. The fraction of sp³-hybridized carbons (Fsp3) is 0.211. The van der Waals surface area contributed by atoms with Crippen LogP contribution in [0.5, 0.6) is 0 Å². The summed E-state index contributed by atoms with van der Waals surface area (Å²) in [7, 11) is 0. The summed E-state index contributed by atoms with van der Waals surface area (Å²) in [5.74, 6) is -6.10. The highest BCUT2D eigenvalue weighted by Crippen LogP contribution is 2.31. The monoisotopic (exact) mass is 405 g/mol. The van der Waals surface area contributed by atoms with E-state index in [4.69, 9.17) is 0 Å². The van der Waals surface area contributed by atoms with Crippen molar-refractivity contribution in [3.63, 3.8) is 0 Å². The molecule has 1 saturated heterocycles. The highest BCUT2D eigenvalue weighted by Gasteiger charge is 2.35. The first-order valence-electron chi connectivity index (χ1n) is 8.45. The van der Waals surface area contributed by atoms with Gasteiger partial charge in [-0.2, -0.15) is 0 Å². The molecule has 144 valence electrons. The lowest BCUT2D eigenvalue weighted by Gasteiger charge is -2.17. The first kappa shape index (κ1) is 18.4. The normalized spacial score (nSPS) is 16.8. The summed E-state index contributed by atoms with van der Waals surface area (Å²) in [5, 5.41) is 3.14. The van der Waals surface area contributed by atoms with Crippen molar-refractivity contribution in [1.82, 2.24) is 4.98 Å². The van der Waals surface area contributed by atoms with Crippen molar-refractivity contribution < 1.29 is 22.8 Å². The smallest absolute Gasteiger partial charge is 0.229 e. The van der Waals surface area contributed by atoms with Gasteiger partial charge in [-0.25, -0.2) is 18.2 Å². The molecule has 2 aromatic carbocycles. The number of hydrogen-bond acceptors (Lipinski definition) is 4. The minimum atomic E-state index is -1.66. The molecular weight excluding hydrogens is 391 g/mol. The molecule has 0 spiro atoms. The number of aryl methyl sites for hydroxylation is 1. The Morgan fingerprint density at radius 3 is 2.79 bits per heavy atom. The minimum absolute atomic E-state index is 0.0642. The molecule has 0 aliphatic carbocycles. The Labute approximate surface area is 161 Å². The second-order valence-corrected chi connectivity index (χ2v) is 7.74. The second kappa shape index (κ2) is 6.90. The zero-order valence-corrected chi connectivity index (χ0v) is 15.4. The molecule has 1 N–H and O–H groups in total. The van der Waals surface area contributed by atoms with Crippen LogP contribution in [-0.2, 0) is 9.59 Å². The average Bonchev–Trinajstić information content (AvgIpc) is 3.23. The van der Waals surface area contributed by atoms with Crippen LogP contribution < -0.4 is 10.2 Å². The molecule has 1 unspecified atom stereocenters. The number of hydrogen-bond donors (Lipinski definition) is 1. The number of amides is 2. The highest BCUT2D eigenvalue weighted by molar-refractivity contribution is 7.18. The summed E-state index contributed by atoms with van der Waals surface area (Å²) in [6.45, 7) is 1.99. The molecule has 2 amide bonds. The third-order valence-electron chi connectivity index (χ3n) is 4.58. The van der Waals surface area contributed by atoms with Crippen molar-refractivity contribution >= 4 is 44.7 Å². The van der Waals surface area contributed by atoms with E-state index >= 15 is 0 Å². The number of fused-ring (bicyclic) bond motifs is 1. The van der Waals surface area contributed by atoms with E-state index in [1.807, 2.05) is 13.0 Å². The van der Waals surface area contributed by atoms with Crippen molar-refractivity contribution in [2.24, 2.45) is 5.92 Å². The van der Waals surface area contributed by atoms with Crippen molar-refractivity contribution in [2.45, 2.75) is 13.3 Å². The number of thiazole rings is 1. The van der Waals surface area contributed by atoms with E-state index in [-0.39, 0.29) is 18.9 Å². The predicted molar refractivity (Wildman–Crippen MR) is 99.8 cm³/mol. The maximum absolute atomic E-state index is 13.8. The number of benzene rings is 2. The van der Waals surface area contributed by atoms with Gasteiger partial charge in [0.2, 0.25) is 11.8 Å². The fourth-order valence-electron chi connectivity index (χ4n) is 3.19. The van der Waals surface area contributed by atoms with E-state index in [0.29, 0.717) is 5.69 Å². The van der Waals surface area contributed by atoms with E-state index < -0.39 is 35.0 Å². The Kier molecular flexibility index (Phi) is 4.54. The summed E-state index contributed by atoms with van der Waals surface area (Å²) < 4.78 is 41.1. The summed E-state index contributed by atoms with van der Waals surface area (Å²) in [5.41, 5.74) is 0.927. The van der Waals surface area contributed by atoms with Crippen molar-refractivity contribution in [3.8, 4) is 0 Å². The number of rotatable bonds is 3. The van der Waals surface area contributed by atoms with Gasteiger partial charge in [-0.1, -0.05) is 0 Å². The summed E-state index contributed by atoms with van der Waals surface area (Å²) >= 11 is 1.54. The van der Waals surface area contributed by atoms with Crippen LogP contribution >= 0.6 is 11.3 Å². The van der Waals surface area contributed by atoms with Crippen LogP contribution in [0.15, 0.2) is 30.3 Å². The number of nitrogens with zero attached hydrogens (tertiary/aromatic N) is 2. The predicted octanol–water partition coefficient (Wildman–Crippen LogP) is 4.01. The Morgan fingerprint density at radius 1 is 1.21 bits per heavy atom.